The molecule has 6 heteroatoms. The summed E-state index contributed by atoms with van der Waals surface area (Å²) in [4.78, 5) is 10.2. The lowest BCUT2D eigenvalue weighted by Crippen LogP contribution is -1.89. The van der Waals surface area contributed by atoms with Crippen LogP contribution in [0.15, 0.2) is 70.2 Å². The van der Waals surface area contributed by atoms with Gasteiger partial charge in [-0.1, -0.05) is 17.7 Å². The van der Waals surface area contributed by atoms with Crippen LogP contribution in [-0.2, 0) is 0 Å². The van der Waals surface area contributed by atoms with Crippen molar-refractivity contribution in [2.75, 3.05) is 5.43 Å². The van der Waals surface area contributed by atoms with Gasteiger partial charge in [0.15, 0.2) is 0 Å². The molecule has 1 N–H and O–H groups in total. The number of benzene rings is 2. The third-order valence-corrected chi connectivity index (χ3v) is 3.43. The maximum atomic E-state index is 10.7. The van der Waals surface area contributed by atoms with Crippen molar-refractivity contribution in [1.82, 2.24) is 0 Å². The number of furan rings is 1. The molecule has 0 aliphatic rings. The SMILES string of the molecule is Cc1ccc(N/N=C\c2ccc(-c3ccc([N+](=O)[O-])cc3)o2)cc1. The second-order valence-electron chi connectivity index (χ2n) is 5.24. The molecular weight excluding hydrogens is 306 g/mol. The van der Waals surface area contributed by atoms with Crippen molar-refractivity contribution in [1.29, 1.82) is 0 Å². The van der Waals surface area contributed by atoms with Crippen molar-refractivity contribution in [3.63, 3.8) is 0 Å². The van der Waals surface area contributed by atoms with Crippen LogP contribution in [0.4, 0.5) is 11.4 Å². The number of non-ortho nitro benzene ring substituents is 1. The number of aryl methyl sites for hydroxylation is 1. The molecule has 0 spiro atoms. The molecule has 1 heterocycles. The summed E-state index contributed by atoms with van der Waals surface area (Å²) >= 11 is 0. The number of hydrogen-bond acceptors (Lipinski definition) is 5. The first kappa shape index (κ1) is 15.5. The van der Waals surface area contributed by atoms with E-state index in [1.165, 1.54) is 17.7 Å². The fraction of sp³-hybridized carbons (Fsp3) is 0.0556. The van der Waals surface area contributed by atoms with E-state index >= 15 is 0 Å². The van der Waals surface area contributed by atoms with Crippen molar-refractivity contribution in [3.8, 4) is 11.3 Å². The van der Waals surface area contributed by atoms with Gasteiger partial charge < -0.3 is 4.42 Å². The van der Waals surface area contributed by atoms with Gasteiger partial charge in [0, 0.05) is 17.7 Å². The Balaban J connectivity index is 1.67. The quantitative estimate of drug-likeness (QED) is 0.423. The number of anilines is 1. The van der Waals surface area contributed by atoms with Crippen LogP contribution in [0.1, 0.15) is 11.3 Å². The summed E-state index contributed by atoms with van der Waals surface area (Å²) in [6, 6.07) is 17.7. The first-order valence-electron chi connectivity index (χ1n) is 7.32. The molecular formula is C18H15N3O3. The Bertz CT molecular complexity index is 865. The molecule has 2 aromatic carbocycles. The average Bonchev–Trinajstić information content (AvgIpc) is 3.06. The molecule has 24 heavy (non-hydrogen) atoms. The third kappa shape index (κ3) is 3.67. The maximum absolute atomic E-state index is 10.7. The Morgan fingerprint density at radius 1 is 1.04 bits per heavy atom. The highest BCUT2D eigenvalue weighted by atomic mass is 16.6. The van der Waals surface area contributed by atoms with E-state index in [0.29, 0.717) is 11.5 Å². The van der Waals surface area contributed by atoms with Crippen molar-refractivity contribution in [2.45, 2.75) is 6.92 Å². The molecule has 0 atom stereocenters. The standard InChI is InChI=1S/C18H15N3O3/c1-13-2-6-15(7-3-13)20-19-12-17-10-11-18(24-17)14-4-8-16(9-5-14)21(22)23/h2-12,20H,1H3/b19-12-. The van der Waals surface area contributed by atoms with Gasteiger partial charge in [-0.05, 0) is 43.3 Å². The lowest BCUT2D eigenvalue weighted by atomic mass is 10.1. The fourth-order valence-electron chi connectivity index (χ4n) is 2.12. The van der Waals surface area contributed by atoms with Crippen LogP contribution in [0.5, 0.6) is 0 Å². The summed E-state index contributed by atoms with van der Waals surface area (Å²) in [7, 11) is 0. The van der Waals surface area contributed by atoms with Gasteiger partial charge in [-0.2, -0.15) is 5.10 Å². The molecule has 0 fully saturated rings. The van der Waals surface area contributed by atoms with Crippen LogP contribution in [0, 0.1) is 17.0 Å². The first-order valence-corrected chi connectivity index (χ1v) is 7.32. The third-order valence-electron chi connectivity index (χ3n) is 3.43. The van der Waals surface area contributed by atoms with E-state index in [9.17, 15) is 10.1 Å². The Morgan fingerprint density at radius 2 is 1.75 bits per heavy atom. The van der Waals surface area contributed by atoms with Crippen LogP contribution in [0.25, 0.3) is 11.3 Å². The summed E-state index contributed by atoms with van der Waals surface area (Å²) in [5.41, 5.74) is 5.82. The van der Waals surface area contributed by atoms with Crippen molar-refractivity contribution >= 4 is 17.6 Å². The number of nitro benzene ring substituents is 1. The molecule has 0 bridgehead atoms. The predicted molar refractivity (Wildman–Crippen MR) is 93.2 cm³/mol. The monoisotopic (exact) mass is 321 g/mol. The molecule has 3 rings (SSSR count). The van der Waals surface area contributed by atoms with E-state index in [2.05, 4.69) is 10.5 Å². The molecule has 6 nitrogen and oxygen atoms in total. The topological polar surface area (TPSA) is 80.7 Å². The van der Waals surface area contributed by atoms with E-state index < -0.39 is 4.92 Å². The van der Waals surface area contributed by atoms with E-state index in [1.807, 2.05) is 31.2 Å². The molecule has 120 valence electrons. The van der Waals surface area contributed by atoms with E-state index in [-0.39, 0.29) is 5.69 Å². The van der Waals surface area contributed by atoms with Gasteiger partial charge in [0.1, 0.15) is 11.5 Å². The Labute approximate surface area is 138 Å². The minimum atomic E-state index is -0.430. The Hall–Kier alpha value is -3.41. The van der Waals surface area contributed by atoms with Gasteiger partial charge in [-0.25, -0.2) is 0 Å². The number of hydrogen-bond donors (Lipinski definition) is 1. The normalized spacial score (nSPS) is 10.9. The molecule has 0 saturated carbocycles. The number of rotatable bonds is 5. The van der Waals surface area contributed by atoms with E-state index in [4.69, 9.17) is 4.42 Å². The van der Waals surface area contributed by atoms with E-state index in [0.717, 1.165) is 11.3 Å². The van der Waals surface area contributed by atoms with Crippen LogP contribution >= 0.6 is 0 Å². The van der Waals surface area contributed by atoms with Crippen LogP contribution in [0.2, 0.25) is 0 Å². The smallest absolute Gasteiger partial charge is 0.269 e. The maximum Gasteiger partial charge on any atom is 0.269 e. The van der Waals surface area contributed by atoms with Crippen LogP contribution < -0.4 is 5.43 Å². The molecule has 3 aromatic rings. The highest BCUT2D eigenvalue weighted by Crippen LogP contribution is 2.24. The van der Waals surface area contributed by atoms with Gasteiger partial charge in [-0.15, -0.1) is 0 Å². The number of nitro groups is 1. The second-order valence-corrected chi connectivity index (χ2v) is 5.24. The minimum absolute atomic E-state index is 0.0504. The molecule has 0 aliphatic heterocycles. The van der Waals surface area contributed by atoms with Crippen LogP contribution in [0.3, 0.4) is 0 Å². The second kappa shape index (κ2) is 6.78. The number of hydrazone groups is 1. The van der Waals surface area contributed by atoms with Gasteiger partial charge in [0.05, 0.1) is 16.8 Å². The fourth-order valence-corrected chi connectivity index (χ4v) is 2.12. The molecule has 0 unspecified atom stereocenters. The van der Waals surface area contributed by atoms with Crippen molar-refractivity contribution < 1.29 is 9.34 Å². The number of nitrogens with one attached hydrogen (secondary N) is 1. The number of nitrogens with zero attached hydrogens (tertiary/aromatic N) is 2. The zero-order valence-corrected chi connectivity index (χ0v) is 13.0. The van der Waals surface area contributed by atoms with E-state index in [1.54, 1.807) is 30.5 Å². The summed E-state index contributed by atoms with van der Waals surface area (Å²) in [5.74, 6) is 1.21. The molecule has 0 amide bonds. The summed E-state index contributed by atoms with van der Waals surface area (Å²) in [5, 5.41) is 14.8. The van der Waals surface area contributed by atoms with Gasteiger partial charge in [0.2, 0.25) is 0 Å². The largest absolute Gasteiger partial charge is 0.455 e. The summed E-state index contributed by atoms with van der Waals surface area (Å²) in [6.45, 7) is 2.02. The summed E-state index contributed by atoms with van der Waals surface area (Å²) in [6.07, 6.45) is 1.58. The van der Waals surface area contributed by atoms with Crippen LogP contribution in [-0.4, -0.2) is 11.1 Å². The van der Waals surface area contributed by atoms with Crippen molar-refractivity contribution in [2.24, 2.45) is 5.10 Å². The van der Waals surface area contributed by atoms with Gasteiger partial charge in [-0.3, -0.25) is 15.5 Å². The lowest BCUT2D eigenvalue weighted by molar-refractivity contribution is -0.384. The van der Waals surface area contributed by atoms with Gasteiger partial charge in [0.25, 0.3) is 5.69 Å². The van der Waals surface area contributed by atoms with Gasteiger partial charge >= 0.3 is 0 Å². The molecule has 1 aromatic heterocycles. The Kier molecular flexibility index (Phi) is 4.38. The zero-order valence-electron chi connectivity index (χ0n) is 13.0. The average molecular weight is 321 g/mol. The highest BCUT2D eigenvalue weighted by Gasteiger charge is 2.07. The highest BCUT2D eigenvalue weighted by molar-refractivity contribution is 5.78. The molecule has 0 aliphatic carbocycles. The first-order chi connectivity index (χ1) is 11.6. The lowest BCUT2D eigenvalue weighted by Gasteiger charge is -1.99. The Morgan fingerprint density at radius 3 is 2.42 bits per heavy atom. The summed E-state index contributed by atoms with van der Waals surface area (Å²) < 4.78 is 5.67. The zero-order chi connectivity index (χ0) is 16.9. The molecule has 0 saturated heterocycles. The molecule has 0 radical (unpaired) electrons. The van der Waals surface area contributed by atoms with Crippen molar-refractivity contribution in [3.05, 3.63) is 82.1 Å². The predicted octanol–water partition coefficient (Wildman–Crippen LogP) is 4.61. The minimum Gasteiger partial charge on any atom is -0.455 e.